The molecule has 0 aliphatic carbocycles. The fourth-order valence-corrected chi connectivity index (χ4v) is 5.27. The van der Waals surface area contributed by atoms with E-state index in [0.29, 0.717) is 0 Å². The number of carbonyl (C=O) groups is 1. The third-order valence-electron chi connectivity index (χ3n) is 6.87. The number of H-pyrrole nitrogens is 1. The van der Waals surface area contributed by atoms with Gasteiger partial charge in [0.05, 0.1) is 11.0 Å². The molecule has 1 N–H and O–H groups in total. The molecule has 3 aromatic rings. The average Bonchev–Trinajstić information content (AvgIpc) is 3.16. The summed E-state index contributed by atoms with van der Waals surface area (Å²) in [4.78, 5) is 33.5. The fourth-order valence-electron chi connectivity index (χ4n) is 5.27. The number of carbonyl (C=O) groups excluding carboxylic acids is 1. The standard InChI is InChI=1S/C25H30N4O2/c30-24(28-15-7-2-8-16-28)23(19-9-3-1-4-10-19)27-17-13-20(14-18-27)29-22-12-6-5-11-21(22)26-25(29)31/h1,3-6,9-12,20,23H,2,7-8,13-18H2,(H,26,31). The van der Waals surface area contributed by atoms with E-state index in [1.54, 1.807) is 0 Å². The topological polar surface area (TPSA) is 61.3 Å². The van der Waals surface area contributed by atoms with Gasteiger partial charge in [-0.3, -0.25) is 14.3 Å². The Labute approximate surface area is 182 Å². The molecule has 6 heteroatoms. The summed E-state index contributed by atoms with van der Waals surface area (Å²) >= 11 is 0. The highest BCUT2D eigenvalue weighted by Crippen LogP contribution is 2.32. The van der Waals surface area contributed by atoms with Crippen LogP contribution < -0.4 is 5.69 Å². The lowest BCUT2D eigenvalue weighted by molar-refractivity contribution is -0.138. The van der Waals surface area contributed by atoms with Gasteiger partial charge in [0.1, 0.15) is 6.04 Å². The third-order valence-corrected chi connectivity index (χ3v) is 6.87. The van der Waals surface area contributed by atoms with Crippen LogP contribution in [0.25, 0.3) is 11.0 Å². The van der Waals surface area contributed by atoms with Gasteiger partial charge in [-0.25, -0.2) is 4.79 Å². The molecule has 162 valence electrons. The lowest BCUT2D eigenvalue weighted by Crippen LogP contribution is -2.47. The number of likely N-dealkylation sites (tertiary alicyclic amines) is 2. The SMILES string of the molecule is O=C(C(c1ccccc1)N1CCC(n2c(=O)[nH]c3ccccc32)CC1)N1CCCCC1. The van der Waals surface area contributed by atoms with Gasteiger partial charge in [-0.05, 0) is 49.8 Å². The van der Waals surface area contributed by atoms with Gasteiger partial charge in [-0.1, -0.05) is 42.5 Å². The third kappa shape index (κ3) is 3.92. The minimum atomic E-state index is -0.236. The lowest BCUT2D eigenvalue weighted by Gasteiger charge is -2.40. The molecule has 6 nitrogen and oxygen atoms in total. The number of amides is 1. The van der Waals surface area contributed by atoms with Crippen molar-refractivity contribution >= 4 is 16.9 Å². The van der Waals surface area contributed by atoms with Crippen LogP contribution in [0, 0.1) is 0 Å². The maximum Gasteiger partial charge on any atom is 0.326 e. The van der Waals surface area contributed by atoms with Gasteiger partial charge in [0.25, 0.3) is 0 Å². The fraction of sp³-hybridized carbons (Fsp3) is 0.440. The number of aromatic nitrogens is 2. The Morgan fingerprint density at radius 1 is 0.871 bits per heavy atom. The largest absolute Gasteiger partial charge is 0.341 e. The second kappa shape index (κ2) is 8.71. The van der Waals surface area contributed by atoms with Crippen LogP contribution in [0.1, 0.15) is 49.8 Å². The van der Waals surface area contributed by atoms with Gasteiger partial charge in [-0.2, -0.15) is 0 Å². The van der Waals surface area contributed by atoms with E-state index in [1.165, 1.54) is 6.42 Å². The summed E-state index contributed by atoms with van der Waals surface area (Å²) in [6, 6.07) is 18.0. The Hall–Kier alpha value is -2.86. The monoisotopic (exact) mass is 418 g/mol. The van der Waals surface area contributed by atoms with Crippen molar-refractivity contribution in [3.63, 3.8) is 0 Å². The maximum absolute atomic E-state index is 13.6. The first-order valence-corrected chi connectivity index (χ1v) is 11.5. The summed E-state index contributed by atoms with van der Waals surface area (Å²) in [5.41, 5.74) is 2.89. The summed E-state index contributed by atoms with van der Waals surface area (Å²) in [6.07, 6.45) is 5.12. The molecule has 1 amide bonds. The zero-order valence-corrected chi connectivity index (χ0v) is 17.9. The summed E-state index contributed by atoms with van der Waals surface area (Å²) < 4.78 is 1.91. The second-order valence-electron chi connectivity index (χ2n) is 8.78. The molecule has 1 atom stereocenters. The number of aromatic amines is 1. The number of fused-ring (bicyclic) bond motifs is 1. The van der Waals surface area contributed by atoms with Gasteiger partial charge in [0.15, 0.2) is 0 Å². The summed E-state index contributed by atoms with van der Waals surface area (Å²) in [5, 5.41) is 0. The van der Waals surface area contributed by atoms with E-state index >= 15 is 0 Å². The van der Waals surface area contributed by atoms with Gasteiger partial charge in [0.2, 0.25) is 5.91 Å². The number of hydrogen-bond donors (Lipinski definition) is 1. The van der Waals surface area contributed by atoms with Crippen LogP contribution in [-0.4, -0.2) is 51.4 Å². The molecule has 0 spiro atoms. The minimum Gasteiger partial charge on any atom is -0.341 e. The Morgan fingerprint density at radius 2 is 1.55 bits per heavy atom. The molecular weight excluding hydrogens is 388 g/mol. The first kappa shape index (κ1) is 20.1. The van der Waals surface area contributed by atoms with Crippen molar-refractivity contribution in [3.8, 4) is 0 Å². The first-order valence-electron chi connectivity index (χ1n) is 11.5. The van der Waals surface area contributed by atoms with Crippen LogP contribution in [0.3, 0.4) is 0 Å². The maximum atomic E-state index is 13.6. The molecule has 5 rings (SSSR count). The molecule has 31 heavy (non-hydrogen) atoms. The quantitative estimate of drug-likeness (QED) is 0.702. The number of benzene rings is 2. The van der Waals surface area contributed by atoms with Crippen LogP contribution >= 0.6 is 0 Å². The second-order valence-corrected chi connectivity index (χ2v) is 8.78. The highest BCUT2D eigenvalue weighted by atomic mass is 16.2. The van der Waals surface area contributed by atoms with Crippen LogP contribution in [0.2, 0.25) is 0 Å². The molecule has 0 saturated carbocycles. The number of rotatable bonds is 4. The van der Waals surface area contributed by atoms with E-state index < -0.39 is 0 Å². The van der Waals surface area contributed by atoms with E-state index in [0.717, 1.165) is 68.5 Å². The number of piperidine rings is 2. The smallest absolute Gasteiger partial charge is 0.326 e. The predicted molar refractivity (Wildman–Crippen MR) is 122 cm³/mol. The average molecular weight is 419 g/mol. The number of nitrogens with one attached hydrogen (secondary N) is 1. The van der Waals surface area contributed by atoms with Crippen molar-refractivity contribution in [1.82, 2.24) is 19.4 Å². The van der Waals surface area contributed by atoms with Crippen molar-refractivity contribution in [1.29, 1.82) is 0 Å². The highest BCUT2D eigenvalue weighted by molar-refractivity contribution is 5.83. The van der Waals surface area contributed by atoms with Gasteiger partial charge in [0, 0.05) is 32.2 Å². The molecular formula is C25H30N4O2. The zero-order valence-electron chi connectivity index (χ0n) is 17.9. The van der Waals surface area contributed by atoms with Gasteiger partial charge >= 0.3 is 5.69 Å². The summed E-state index contributed by atoms with van der Waals surface area (Å²) in [5.74, 6) is 0.230. The Kier molecular flexibility index (Phi) is 5.64. The van der Waals surface area contributed by atoms with Crippen LogP contribution in [0.5, 0.6) is 0 Å². The molecule has 3 heterocycles. The van der Waals surface area contributed by atoms with E-state index in [1.807, 2.05) is 47.0 Å². The number of hydrogen-bond acceptors (Lipinski definition) is 3. The molecule has 2 saturated heterocycles. The van der Waals surface area contributed by atoms with Crippen molar-refractivity contribution in [2.75, 3.05) is 26.2 Å². The number of para-hydroxylation sites is 2. The Bertz CT molecular complexity index is 1090. The number of nitrogens with zero attached hydrogens (tertiary/aromatic N) is 3. The van der Waals surface area contributed by atoms with Crippen LogP contribution in [0.4, 0.5) is 0 Å². The van der Waals surface area contributed by atoms with Crippen LogP contribution in [-0.2, 0) is 4.79 Å². The first-order chi connectivity index (χ1) is 15.2. The highest BCUT2D eigenvalue weighted by Gasteiger charge is 2.35. The van der Waals surface area contributed by atoms with Crippen molar-refractivity contribution in [2.24, 2.45) is 0 Å². The Balaban J connectivity index is 1.37. The van der Waals surface area contributed by atoms with Crippen molar-refractivity contribution in [2.45, 2.75) is 44.2 Å². The molecule has 2 aliphatic heterocycles. The molecule has 1 unspecified atom stereocenters. The van der Waals surface area contributed by atoms with Gasteiger partial charge < -0.3 is 9.88 Å². The normalized spacial score (nSPS) is 19.5. The predicted octanol–water partition coefficient (Wildman–Crippen LogP) is 3.72. The molecule has 0 bridgehead atoms. The molecule has 2 fully saturated rings. The molecule has 2 aliphatic rings. The molecule has 2 aromatic carbocycles. The van der Waals surface area contributed by atoms with E-state index in [9.17, 15) is 9.59 Å². The summed E-state index contributed by atoms with van der Waals surface area (Å²) in [6.45, 7) is 3.33. The molecule has 1 aromatic heterocycles. The molecule has 0 radical (unpaired) electrons. The zero-order chi connectivity index (χ0) is 21.2. The van der Waals surface area contributed by atoms with E-state index in [-0.39, 0.29) is 23.7 Å². The Morgan fingerprint density at radius 3 is 2.29 bits per heavy atom. The van der Waals surface area contributed by atoms with Crippen LogP contribution in [0.15, 0.2) is 59.4 Å². The van der Waals surface area contributed by atoms with Gasteiger partial charge in [-0.15, -0.1) is 0 Å². The van der Waals surface area contributed by atoms with E-state index in [2.05, 4.69) is 26.9 Å². The van der Waals surface area contributed by atoms with Crippen molar-refractivity contribution < 1.29 is 4.79 Å². The van der Waals surface area contributed by atoms with Crippen molar-refractivity contribution in [3.05, 3.63) is 70.6 Å². The minimum absolute atomic E-state index is 0.0383. The lowest BCUT2D eigenvalue weighted by atomic mass is 9.97. The van der Waals surface area contributed by atoms with E-state index in [4.69, 9.17) is 0 Å². The number of imidazole rings is 1. The summed E-state index contributed by atoms with van der Waals surface area (Å²) in [7, 11) is 0.